The molecule has 5 nitrogen and oxygen atoms in total. The normalized spacial score (nSPS) is 11.7. The van der Waals surface area contributed by atoms with E-state index in [4.69, 9.17) is 11.6 Å². The molecule has 0 fully saturated rings. The molecule has 0 spiro atoms. The van der Waals surface area contributed by atoms with Gasteiger partial charge in [-0.2, -0.15) is 23.7 Å². The minimum absolute atomic E-state index is 0.00728. The Balaban J connectivity index is 2.73. The van der Waals surface area contributed by atoms with Gasteiger partial charge in [0.25, 0.3) is 0 Å². The van der Waals surface area contributed by atoms with E-state index in [1.165, 1.54) is 0 Å². The van der Waals surface area contributed by atoms with Crippen molar-refractivity contribution in [2.75, 3.05) is 18.5 Å². The molecule has 1 aromatic rings. The quantitative estimate of drug-likeness (QED) is 0.814. The summed E-state index contributed by atoms with van der Waals surface area (Å²) in [6.45, 7) is 0.646. The number of nitrogens with zero attached hydrogens (tertiary/aromatic N) is 3. The first-order chi connectivity index (χ1) is 8.35. The van der Waals surface area contributed by atoms with Crippen molar-refractivity contribution in [2.24, 2.45) is 0 Å². The van der Waals surface area contributed by atoms with Gasteiger partial charge >= 0.3 is 18.4 Å². The predicted molar refractivity (Wildman–Crippen MR) is 55.4 cm³/mol. The summed E-state index contributed by atoms with van der Waals surface area (Å²) in [5, 5.41) is 2.35. The Bertz CT molecular complexity index is 407. The molecule has 0 saturated heterocycles. The first-order valence-corrected chi connectivity index (χ1v) is 5.17. The number of hydrogen-bond acceptors (Lipinski definition) is 5. The van der Waals surface area contributed by atoms with Gasteiger partial charge in [-0.1, -0.05) is 0 Å². The molecular weight excluding hydrogens is 280 g/mol. The molecular formula is C8H9ClF4N4O. The number of halogens is 5. The van der Waals surface area contributed by atoms with Crippen LogP contribution in [-0.2, 0) is 0 Å². The second-order valence-electron chi connectivity index (χ2n) is 3.09. The van der Waals surface area contributed by atoms with Gasteiger partial charge in [0, 0.05) is 6.54 Å². The molecule has 0 unspecified atom stereocenters. The van der Waals surface area contributed by atoms with E-state index in [2.05, 4.69) is 25.0 Å². The van der Waals surface area contributed by atoms with Crippen molar-refractivity contribution in [3.05, 3.63) is 5.28 Å². The van der Waals surface area contributed by atoms with Gasteiger partial charge in [0.1, 0.15) is 0 Å². The molecule has 0 aliphatic carbocycles. The van der Waals surface area contributed by atoms with Crippen LogP contribution in [0.2, 0.25) is 5.28 Å². The summed E-state index contributed by atoms with van der Waals surface area (Å²) < 4.78 is 53.3. The predicted octanol–water partition coefficient (Wildman–Crippen LogP) is 2.24. The van der Waals surface area contributed by atoms with Crippen LogP contribution in [0.3, 0.4) is 0 Å². The highest BCUT2D eigenvalue weighted by Crippen LogP contribution is 2.23. The minimum atomic E-state index is -4.28. The Labute approximate surface area is 105 Å². The van der Waals surface area contributed by atoms with Crippen molar-refractivity contribution in [2.45, 2.75) is 19.3 Å². The molecule has 0 aliphatic heterocycles. The summed E-state index contributed by atoms with van der Waals surface area (Å²) >= 11 is 5.48. The van der Waals surface area contributed by atoms with Crippen LogP contribution >= 0.6 is 11.6 Å². The number of anilines is 1. The van der Waals surface area contributed by atoms with Crippen molar-refractivity contribution in [1.29, 1.82) is 0 Å². The zero-order chi connectivity index (χ0) is 13.8. The molecule has 0 aliphatic rings. The number of nitrogens with one attached hydrogen (secondary N) is 1. The number of rotatable bonds is 6. The summed E-state index contributed by atoms with van der Waals surface area (Å²) in [6.07, 6.45) is -3.83. The van der Waals surface area contributed by atoms with Gasteiger partial charge in [-0.05, 0) is 18.5 Å². The summed E-state index contributed by atoms with van der Waals surface area (Å²) in [5.74, 6) is -4.27. The molecule has 18 heavy (non-hydrogen) atoms. The average molecular weight is 289 g/mol. The van der Waals surface area contributed by atoms with E-state index in [0.717, 1.165) is 0 Å². The molecule has 1 aromatic heterocycles. The lowest BCUT2D eigenvalue weighted by Crippen LogP contribution is -2.34. The van der Waals surface area contributed by atoms with Crippen LogP contribution in [0, 0.1) is 0 Å². The highest BCUT2D eigenvalue weighted by Gasteiger charge is 2.42. The summed E-state index contributed by atoms with van der Waals surface area (Å²) in [6, 6.07) is -0.550. The lowest BCUT2D eigenvalue weighted by molar-refractivity contribution is -0.149. The summed E-state index contributed by atoms with van der Waals surface area (Å²) in [4.78, 5) is 10.6. The largest absolute Gasteiger partial charge is 0.457 e. The van der Waals surface area contributed by atoms with E-state index in [1.54, 1.807) is 6.92 Å². The van der Waals surface area contributed by atoms with Crippen LogP contribution in [-0.4, -0.2) is 40.5 Å². The van der Waals surface area contributed by atoms with Crippen molar-refractivity contribution < 1.29 is 22.3 Å². The molecule has 0 amide bonds. The fourth-order valence-electron chi connectivity index (χ4n) is 0.857. The standard InChI is InChI=1S/C8H9ClF4N4O/c1-2-14-6-15-5(9)16-7(17-6)18-3-8(12,13)4(10)11/h4H,2-3H2,1H3,(H,14,15,16,17). The van der Waals surface area contributed by atoms with E-state index in [0.29, 0.717) is 6.54 Å². The molecule has 1 rings (SSSR count). The van der Waals surface area contributed by atoms with Crippen molar-refractivity contribution >= 4 is 17.5 Å². The van der Waals surface area contributed by atoms with E-state index in [9.17, 15) is 17.6 Å². The maximum atomic E-state index is 12.6. The van der Waals surface area contributed by atoms with Gasteiger partial charge in [-0.25, -0.2) is 8.78 Å². The Morgan fingerprint density at radius 2 is 2.00 bits per heavy atom. The van der Waals surface area contributed by atoms with Crippen LogP contribution in [0.5, 0.6) is 6.01 Å². The minimum Gasteiger partial charge on any atom is -0.457 e. The molecule has 0 radical (unpaired) electrons. The van der Waals surface area contributed by atoms with E-state index in [-0.39, 0.29) is 11.2 Å². The van der Waals surface area contributed by atoms with Crippen LogP contribution in [0.4, 0.5) is 23.5 Å². The van der Waals surface area contributed by atoms with Crippen LogP contribution < -0.4 is 10.1 Å². The monoisotopic (exact) mass is 288 g/mol. The molecule has 0 saturated carbocycles. The fourth-order valence-corrected chi connectivity index (χ4v) is 1.01. The lowest BCUT2D eigenvalue weighted by atomic mass is 10.4. The van der Waals surface area contributed by atoms with Crippen molar-refractivity contribution in [3.8, 4) is 6.01 Å². The van der Waals surface area contributed by atoms with Crippen molar-refractivity contribution in [1.82, 2.24) is 15.0 Å². The number of hydrogen-bond donors (Lipinski definition) is 1. The van der Waals surface area contributed by atoms with Gasteiger partial charge in [0.15, 0.2) is 6.61 Å². The van der Waals surface area contributed by atoms with E-state index >= 15 is 0 Å². The Hall–Kier alpha value is -1.38. The zero-order valence-corrected chi connectivity index (χ0v) is 9.89. The van der Waals surface area contributed by atoms with E-state index < -0.39 is 25.0 Å². The molecule has 0 aromatic carbocycles. The first kappa shape index (κ1) is 14.7. The third kappa shape index (κ3) is 4.13. The van der Waals surface area contributed by atoms with Crippen molar-refractivity contribution in [3.63, 3.8) is 0 Å². The SMILES string of the molecule is CCNc1nc(Cl)nc(OCC(F)(F)C(F)F)n1. The van der Waals surface area contributed by atoms with Gasteiger partial charge in [-0.3, -0.25) is 0 Å². The molecule has 1 heterocycles. The van der Waals surface area contributed by atoms with Gasteiger partial charge < -0.3 is 10.1 Å². The van der Waals surface area contributed by atoms with Gasteiger partial charge in [-0.15, -0.1) is 0 Å². The van der Waals surface area contributed by atoms with E-state index in [1.807, 2.05) is 0 Å². The number of ether oxygens (including phenoxy) is 1. The summed E-state index contributed by atoms with van der Waals surface area (Å²) in [7, 11) is 0. The van der Waals surface area contributed by atoms with Gasteiger partial charge in [0.2, 0.25) is 11.2 Å². The second-order valence-corrected chi connectivity index (χ2v) is 3.43. The molecule has 0 atom stereocenters. The first-order valence-electron chi connectivity index (χ1n) is 4.79. The zero-order valence-electron chi connectivity index (χ0n) is 9.13. The Kier molecular flexibility index (Phi) is 4.88. The average Bonchev–Trinajstić information content (AvgIpc) is 2.26. The molecule has 102 valence electrons. The topological polar surface area (TPSA) is 59.9 Å². The number of alkyl halides is 4. The highest BCUT2D eigenvalue weighted by atomic mass is 35.5. The maximum absolute atomic E-state index is 12.6. The Morgan fingerprint density at radius 1 is 1.33 bits per heavy atom. The fraction of sp³-hybridized carbons (Fsp3) is 0.625. The second kappa shape index (κ2) is 5.98. The molecule has 1 N–H and O–H groups in total. The molecule has 0 bridgehead atoms. The maximum Gasteiger partial charge on any atom is 0.340 e. The number of aromatic nitrogens is 3. The van der Waals surface area contributed by atoms with Crippen LogP contribution in [0.25, 0.3) is 0 Å². The Morgan fingerprint density at radius 3 is 2.56 bits per heavy atom. The highest BCUT2D eigenvalue weighted by molar-refractivity contribution is 6.28. The third-order valence-electron chi connectivity index (χ3n) is 1.64. The third-order valence-corrected chi connectivity index (χ3v) is 1.80. The van der Waals surface area contributed by atoms with Gasteiger partial charge in [0.05, 0.1) is 0 Å². The van der Waals surface area contributed by atoms with Crippen LogP contribution in [0.15, 0.2) is 0 Å². The molecule has 10 heteroatoms. The summed E-state index contributed by atoms with van der Waals surface area (Å²) in [5.41, 5.74) is 0. The van der Waals surface area contributed by atoms with Crippen LogP contribution in [0.1, 0.15) is 6.92 Å². The lowest BCUT2D eigenvalue weighted by Gasteiger charge is -2.15. The smallest absolute Gasteiger partial charge is 0.340 e.